The zero-order valence-electron chi connectivity index (χ0n) is 15.9. The third-order valence-corrected chi connectivity index (χ3v) is 6.69. The topological polar surface area (TPSA) is 59.8 Å². The van der Waals surface area contributed by atoms with Gasteiger partial charge in [0.25, 0.3) is 0 Å². The van der Waals surface area contributed by atoms with Gasteiger partial charge in [0.1, 0.15) is 5.82 Å². The SMILES string of the molecule is C[C@@H](CNC(=O)CSc1nnc(Cc2cccs2)n1C1CC1)c1ccccc1. The predicted octanol–water partition coefficient (Wildman–Crippen LogP) is 4.28. The van der Waals surface area contributed by atoms with Gasteiger partial charge >= 0.3 is 0 Å². The average Bonchev–Trinajstić information content (AvgIpc) is 3.27. The van der Waals surface area contributed by atoms with Crippen molar-refractivity contribution < 1.29 is 4.79 Å². The summed E-state index contributed by atoms with van der Waals surface area (Å²) in [7, 11) is 0. The Labute approximate surface area is 173 Å². The molecule has 1 aliphatic carbocycles. The number of carbonyl (C=O) groups excluding carboxylic acids is 1. The summed E-state index contributed by atoms with van der Waals surface area (Å²) in [4.78, 5) is 13.6. The molecule has 4 rings (SSSR count). The molecule has 2 aromatic heterocycles. The van der Waals surface area contributed by atoms with Crippen molar-refractivity contribution in [3.8, 4) is 0 Å². The molecule has 0 aliphatic heterocycles. The van der Waals surface area contributed by atoms with Gasteiger partial charge < -0.3 is 9.88 Å². The molecule has 1 amide bonds. The molecule has 0 saturated heterocycles. The van der Waals surface area contributed by atoms with Gasteiger partial charge in [-0.25, -0.2) is 0 Å². The molecule has 0 radical (unpaired) electrons. The zero-order chi connectivity index (χ0) is 19.3. The maximum atomic E-state index is 12.3. The van der Waals surface area contributed by atoms with Crippen molar-refractivity contribution in [2.45, 2.75) is 43.3 Å². The lowest BCUT2D eigenvalue weighted by atomic mass is 10.0. The van der Waals surface area contributed by atoms with Crippen molar-refractivity contribution in [2.24, 2.45) is 0 Å². The van der Waals surface area contributed by atoms with E-state index >= 15 is 0 Å². The molecule has 28 heavy (non-hydrogen) atoms. The predicted molar refractivity (Wildman–Crippen MR) is 114 cm³/mol. The Morgan fingerprint density at radius 3 is 2.79 bits per heavy atom. The second-order valence-corrected chi connectivity index (χ2v) is 9.14. The largest absolute Gasteiger partial charge is 0.355 e. The number of carbonyl (C=O) groups is 1. The van der Waals surface area contributed by atoms with Crippen LogP contribution in [-0.4, -0.2) is 33.0 Å². The Kier molecular flexibility index (Phi) is 6.12. The van der Waals surface area contributed by atoms with Crippen LogP contribution in [0.1, 0.15) is 48.0 Å². The highest BCUT2D eigenvalue weighted by Gasteiger charge is 2.30. The van der Waals surface area contributed by atoms with Crippen LogP contribution in [0.3, 0.4) is 0 Å². The van der Waals surface area contributed by atoms with Gasteiger partial charge in [0.05, 0.1) is 5.75 Å². The molecule has 2 heterocycles. The number of benzene rings is 1. The molecule has 0 spiro atoms. The van der Waals surface area contributed by atoms with Crippen LogP contribution in [0.25, 0.3) is 0 Å². The van der Waals surface area contributed by atoms with Gasteiger partial charge in [-0.2, -0.15) is 0 Å². The molecule has 1 fully saturated rings. The minimum Gasteiger partial charge on any atom is -0.355 e. The number of nitrogens with zero attached hydrogens (tertiary/aromatic N) is 3. The van der Waals surface area contributed by atoms with Crippen molar-refractivity contribution in [1.82, 2.24) is 20.1 Å². The molecule has 3 aromatic rings. The van der Waals surface area contributed by atoms with Crippen LogP contribution in [-0.2, 0) is 11.2 Å². The fraction of sp³-hybridized carbons (Fsp3) is 0.381. The van der Waals surface area contributed by atoms with Crippen LogP contribution in [0.4, 0.5) is 0 Å². The molecule has 1 saturated carbocycles. The first-order valence-corrected chi connectivity index (χ1v) is 11.5. The van der Waals surface area contributed by atoms with E-state index in [1.54, 1.807) is 11.3 Å². The van der Waals surface area contributed by atoms with Crippen LogP contribution in [0, 0.1) is 0 Å². The van der Waals surface area contributed by atoms with Gasteiger partial charge in [0, 0.05) is 23.9 Å². The van der Waals surface area contributed by atoms with Gasteiger partial charge in [0.2, 0.25) is 5.91 Å². The summed E-state index contributed by atoms with van der Waals surface area (Å²) in [6.45, 7) is 2.77. The second-order valence-electron chi connectivity index (χ2n) is 7.16. The highest BCUT2D eigenvalue weighted by molar-refractivity contribution is 7.99. The Hall–Kier alpha value is -2.12. The number of aromatic nitrogens is 3. The van der Waals surface area contributed by atoms with Gasteiger partial charge in [-0.05, 0) is 35.8 Å². The lowest BCUT2D eigenvalue weighted by molar-refractivity contribution is -0.118. The van der Waals surface area contributed by atoms with Crippen LogP contribution >= 0.6 is 23.1 Å². The molecule has 5 nitrogen and oxygen atoms in total. The third kappa shape index (κ3) is 4.83. The normalized spacial score (nSPS) is 14.8. The molecule has 1 atom stereocenters. The smallest absolute Gasteiger partial charge is 0.230 e. The highest BCUT2D eigenvalue weighted by Crippen LogP contribution is 2.39. The summed E-state index contributed by atoms with van der Waals surface area (Å²) in [6.07, 6.45) is 3.15. The minimum absolute atomic E-state index is 0.0398. The quantitative estimate of drug-likeness (QED) is 0.533. The Morgan fingerprint density at radius 2 is 2.07 bits per heavy atom. The molecule has 0 bridgehead atoms. The number of nitrogens with one attached hydrogen (secondary N) is 1. The summed E-state index contributed by atoms with van der Waals surface area (Å²) in [5, 5.41) is 14.8. The first kappa shape index (κ1) is 19.2. The second kappa shape index (κ2) is 8.92. The summed E-state index contributed by atoms with van der Waals surface area (Å²) in [5.41, 5.74) is 1.24. The molecule has 1 aromatic carbocycles. The zero-order valence-corrected chi connectivity index (χ0v) is 17.5. The minimum atomic E-state index is 0.0398. The number of thiophene rings is 1. The molecular formula is C21H24N4OS2. The van der Waals surface area contributed by atoms with Crippen LogP contribution in [0.2, 0.25) is 0 Å². The number of rotatable bonds is 9. The van der Waals surface area contributed by atoms with E-state index in [4.69, 9.17) is 0 Å². The van der Waals surface area contributed by atoms with Crippen molar-refractivity contribution in [1.29, 1.82) is 0 Å². The molecule has 1 aliphatic rings. The van der Waals surface area contributed by atoms with Gasteiger partial charge in [-0.15, -0.1) is 21.5 Å². The summed E-state index contributed by atoms with van der Waals surface area (Å²) in [6, 6.07) is 14.9. The third-order valence-electron chi connectivity index (χ3n) is 4.87. The molecular weight excluding hydrogens is 388 g/mol. The fourth-order valence-corrected chi connectivity index (χ4v) is 4.70. The van der Waals surface area contributed by atoms with E-state index in [1.165, 1.54) is 35.0 Å². The van der Waals surface area contributed by atoms with Gasteiger partial charge in [0.15, 0.2) is 5.16 Å². The average molecular weight is 413 g/mol. The molecule has 146 valence electrons. The van der Waals surface area contributed by atoms with E-state index in [9.17, 15) is 4.79 Å². The van der Waals surface area contributed by atoms with Crippen LogP contribution in [0.5, 0.6) is 0 Å². The molecule has 1 N–H and O–H groups in total. The maximum absolute atomic E-state index is 12.3. The summed E-state index contributed by atoms with van der Waals surface area (Å²) in [5.74, 6) is 1.71. The van der Waals surface area contributed by atoms with E-state index in [1.807, 2.05) is 18.2 Å². The Balaban J connectivity index is 1.32. The van der Waals surface area contributed by atoms with Gasteiger partial charge in [-0.3, -0.25) is 4.79 Å². The lowest BCUT2D eigenvalue weighted by Crippen LogP contribution is -2.29. The van der Waals surface area contributed by atoms with Crippen molar-refractivity contribution >= 4 is 29.0 Å². The van der Waals surface area contributed by atoms with Crippen molar-refractivity contribution in [2.75, 3.05) is 12.3 Å². The molecule has 7 heteroatoms. The lowest BCUT2D eigenvalue weighted by Gasteiger charge is -2.13. The number of thioether (sulfide) groups is 1. The van der Waals surface area contributed by atoms with Crippen LogP contribution in [0.15, 0.2) is 53.0 Å². The standard InChI is InChI=1S/C21H24N4OS2/c1-15(16-6-3-2-4-7-16)13-22-20(26)14-28-21-24-23-19(25(21)17-9-10-17)12-18-8-5-11-27-18/h2-8,11,15,17H,9-10,12-14H2,1H3,(H,22,26)/t15-/m0/s1. The van der Waals surface area contributed by atoms with E-state index in [0.717, 1.165) is 17.4 Å². The first-order chi connectivity index (χ1) is 13.7. The summed E-state index contributed by atoms with van der Waals surface area (Å²) >= 11 is 3.23. The number of amides is 1. The number of hydrogen-bond donors (Lipinski definition) is 1. The Bertz CT molecular complexity index is 904. The van der Waals surface area contributed by atoms with E-state index in [0.29, 0.717) is 24.3 Å². The van der Waals surface area contributed by atoms with Crippen molar-refractivity contribution in [3.05, 3.63) is 64.1 Å². The van der Waals surface area contributed by atoms with Crippen molar-refractivity contribution in [3.63, 3.8) is 0 Å². The van der Waals surface area contributed by atoms with E-state index in [2.05, 4.69) is 56.7 Å². The first-order valence-electron chi connectivity index (χ1n) is 9.61. The van der Waals surface area contributed by atoms with E-state index in [-0.39, 0.29) is 5.91 Å². The maximum Gasteiger partial charge on any atom is 0.230 e. The van der Waals surface area contributed by atoms with Gasteiger partial charge in [-0.1, -0.05) is 55.1 Å². The fourth-order valence-electron chi connectivity index (χ4n) is 3.14. The monoisotopic (exact) mass is 412 g/mol. The number of hydrogen-bond acceptors (Lipinski definition) is 5. The molecule has 0 unspecified atom stereocenters. The van der Waals surface area contributed by atoms with Crippen LogP contribution < -0.4 is 5.32 Å². The summed E-state index contributed by atoms with van der Waals surface area (Å²) < 4.78 is 2.24. The Morgan fingerprint density at radius 1 is 1.25 bits per heavy atom. The highest BCUT2D eigenvalue weighted by atomic mass is 32.2. The van der Waals surface area contributed by atoms with E-state index < -0.39 is 0 Å².